The maximum Gasteiger partial charge on any atom is 0.335 e. The molecule has 0 saturated carbocycles. The number of carboxylic acid groups (broad SMARTS) is 1. The first-order chi connectivity index (χ1) is 9.88. The Morgan fingerprint density at radius 1 is 1.48 bits per heavy atom. The fraction of sp³-hybridized carbons (Fsp3) is 0.357. The number of thioether (sulfide) groups is 1. The van der Waals surface area contributed by atoms with Crippen molar-refractivity contribution in [2.24, 2.45) is 5.92 Å². The zero-order valence-electron chi connectivity index (χ0n) is 11.3. The van der Waals surface area contributed by atoms with Gasteiger partial charge in [-0.1, -0.05) is 23.4 Å². The molecule has 1 aromatic carbocycles. The molecule has 21 heavy (non-hydrogen) atoms. The molecule has 1 amide bonds. The van der Waals surface area contributed by atoms with E-state index in [-0.39, 0.29) is 27.5 Å². The molecule has 0 radical (unpaired) electrons. The van der Waals surface area contributed by atoms with E-state index in [9.17, 15) is 14.4 Å². The predicted octanol–water partition coefficient (Wildman–Crippen LogP) is 2.67. The van der Waals surface area contributed by atoms with Crippen LogP contribution >= 0.6 is 23.4 Å². The van der Waals surface area contributed by atoms with Crippen molar-refractivity contribution in [3.05, 3.63) is 28.8 Å². The number of anilines is 1. The molecule has 1 saturated heterocycles. The Balaban J connectivity index is 2.13. The number of halogens is 1. The highest BCUT2D eigenvalue weighted by molar-refractivity contribution is 8.13. The molecule has 1 fully saturated rings. The highest BCUT2D eigenvalue weighted by Gasteiger charge is 2.32. The van der Waals surface area contributed by atoms with Crippen LogP contribution in [0.15, 0.2) is 18.2 Å². The van der Waals surface area contributed by atoms with Crippen molar-refractivity contribution < 1.29 is 19.5 Å². The summed E-state index contributed by atoms with van der Waals surface area (Å²) in [6.07, 6.45) is 0.372. The number of benzene rings is 1. The number of nitrogens with zero attached hydrogens (tertiary/aromatic N) is 1. The lowest BCUT2D eigenvalue weighted by atomic mass is 10.1. The molecular formula is C14H14ClNO4S. The lowest BCUT2D eigenvalue weighted by Gasteiger charge is -2.18. The summed E-state index contributed by atoms with van der Waals surface area (Å²) in [6, 6.07) is 4.31. The molecule has 2 rings (SSSR count). The van der Waals surface area contributed by atoms with Crippen LogP contribution in [-0.4, -0.2) is 34.4 Å². The summed E-state index contributed by atoms with van der Waals surface area (Å²) < 4.78 is 0. The lowest BCUT2D eigenvalue weighted by Crippen LogP contribution is -2.25. The van der Waals surface area contributed by atoms with Crippen molar-refractivity contribution >= 4 is 46.0 Å². The van der Waals surface area contributed by atoms with E-state index in [1.165, 1.54) is 30.8 Å². The van der Waals surface area contributed by atoms with E-state index in [0.29, 0.717) is 24.4 Å². The van der Waals surface area contributed by atoms with Gasteiger partial charge in [-0.3, -0.25) is 9.59 Å². The SMILES string of the molecule is CC(=O)SCC1CC(=O)N(c2ccc(C(=O)O)cc2Cl)C1. The van der Waals surface area contributed by atoms with E-state index in [0.717, 1.165) is 0 Å². The van der Waals surface area contributed by atoms with E-state index in [1.54, 1.807) is 11.0 Å². The van der Waals surface area contributed by atoms with E-state index in [4.69, 9.17) is 16.7 Å². The maximum absolute atomic E-state index is 12.1. The average Bonchev–Trinajstić information content (AvgIpc) is 2.77. The molecule has 5 nitrogen and oxygen atoms in total. The lowest BCUT2D eigenvalue weighted by molar-refractivity contribution is -0.117. The molecule has 1 aromatic rings. The molecule has 1 aliphatic rings. The molecule has 112 valence electrons. The van der Waals surface area contributed by atoms with Gasteiger partial charge in [0.25, 0.3) is 0 Å². The minimum absolute atomic E-state index is 0.0322. The number of amides is 1. The summed E-state index contributed by atoms with van der Waals surface area (Å²) in [6.45, 7) is 1.99. The third-order valence-electron chi connectivity index (χ3n) is 3.21. The Morgan fingerprint density at radius 3 is 2.76 bits per heavy atom. The van der Waals surface area contributed by atoms with Gasteiger partial charge in [0.2, 0.25) is 5.91 Å². The van der Waals surface area contributed by atoms with Crippen molar-refractivity contribution in [2.45, 2.75) is 13.3 Å². The number of carbonyl (C=O) groups is 3. The number of hydrogen-bond acceptors (Lipinski definition) is 4. The molecule has 1 heterocycles. The molecule has 0 aliphatic carbocycles. The van der Waals surface area contributed by atoms with Gasteiger partial charge in [0.1, 0.15) is 0 Å². The van der Waals surface area contributed by atoms with Crippen LogP contribution in [0.4, 0.5) is 5.69 Å². The second kappa shape index (κ2) is 6.49. The standard InChI is InChI=1S/C14H14ClNO4S/c1-8(17)21-7-9-4-13(18)16(6-9)12-3-2-10(14(19)20)5-11(12)15/h2-3,5,9H,4,6-7H2,1H3,(H,19,20). The van der Waals surface area contributed by atoms with Crippen molar-refractivity contribution in [2.75, 3.05) is 17.2 Å². The number of hydrogen-bond donors (Lipinski definition) is 1. The highest BCUT2D eigenvalue weighted by atomic mass is 35.5. The van der Waals surface area contributed by atoms with Crippen LogP contribution in [0.1, 0.15) is 23.7 Å². The van der Waals surface area contributed by atoms with Gasteiger partial charge in [-0.2, -0.15) is 0 Å². The Labute approximate surface area is 131 Å². The average molecular weight is 328 g/mol. The van der Waals surface area contributed by atoms with E-state index < -0.39 is 5.97 Å². The smallest absolute Gasteiger partial charge is 0.335 e. The quantitative estimate of drug-likeness (QED) is 0.920. The fourth-order valence-corrected chi connectivity index (χ4v) is 3.20. The van der Waals surface area contributed by atoms with Gasteiger partial charge in [0.15, 0.2) is 5.12 Å². The van der Waals surface area contributed by atoms with Crippen LogP contribution in [0.2, 0.25) is 5.02 Å². The normalized spacial score (nSPS) is 18.1. The Morgan fingerprint density at radius 2 is 2.19 bits per heavy atom. The number of rotatable bonds is 4. The minimum atomic E-state index is -1.06. The second-order valence-corrected chi connectivity index (χ2v) is 6.45. The highest BCUT2D eigenvalue weighted by Crippen LogP contribution is 2.33. The first kappa shape index (κ1) is 15.9. The Hall–Kier alpha value is -1.53. The number of carboxylic acids is 1. The molecular weight excluding hydrogens is 314 g/mol. The summed E-state index contributed by atoms with van der Waals surface area (Å²) in [5, 5.41) is 9.18. The first-order valence-corrected chi connectivity index (χ1v) is 7.71. The van der Waals surface area contributed by atoms with Gasteiger partial charge >= 0.3 is 5.97 Å². The van der Waals surface area contributed by atoms with E-state index >= 15 is 0 Å². The topological polar surface area (TPSA) is 74.7 Å². The van der Waals surface area contributed by atoms with Crippen molar-refractivity contribution in [3.63, 3.8) is 0 Å². The Bertz CT molecular complexity index is 605. The number of aromatic carboxylic acids is 1. The van der Waals surface area contributed by atoms with Crippen molar-refractivity contribution in [1.29, 1.82) is 0 Å². The summed E-state index contributed by atoms with van der Waals surface area (Å²) in [5.74, 6) is -0.426. The molecule has 1 N–H and O–H groups in total. The third-order valence-corrected chi connectivity index (χ3v) is 4.56. The van der Waals surface area contributed by atoms with Crippen molar-refractivity contribution in [3.8, 4) is 0 Å². The van der Waals surface area contributed by atoms with Crippen LogP contribution in [0.3, 0.4) is 0 Å². The summed E-state index contributed by atoms with van der Waals surface area (Å²) >= 11 is 7.29. The van der Waals surface area contributed by atoms with Gasteiger partial charge < -0.3 is 10.0 Å². The summed E-state index contributed by atoms with van der Waals surface area (Å²) in [5.41, 5.74) is 0.598. The molecule has 1 atom stereocenters. The molecule has 0 aromatic heterocycles. The molecule has 0 spiro atoms. The van der Waals surface area contributed by atoms with Crippen molar-refractivity contribution in [1.82, 2.24) is 0 Å². The molecule has 7 heteroatoms. The van der Waals surface area contributed by atoms with Gasteiger partial charge in [-0.05, 0) is 24.1 Å². The van der Waals surface area contributed by atoms with Crippen LogP contribution in [-0.2, 0) is 9.59 Å². The maximum atomic E-state index is 12.1. The predicted molar refractivity (Wildman–Crippen MR) is 82.0 cm³/mol. The summed E-state index contributed by atoms with van der Waals surface area (Å²) in [7, 11) is 0. The third kappa shape index (κ3) is 3.77. The number of carbonyl (C=O) groups excluding carboxylic acids is 2. The fourth-order valence-electron chi connectivity index (χ4n) is 2.22. The van der Waals surface area contributed by atoms with Gasteiger partial charge in [-0.25, -0.2) is 4.79 Å². The van der Waals surface area contributed by atoms with Crippen LogP contribution < -0.4 is 4.90 Å². The monoisotopic (exact) mass is 327 g/mol. The minimum Gasteiger partial charge on any atom is -0.478 e. The first-order valence-electron chi connectivity index (χ1n) is 6.35. The van der Waals surface area contributed by atoms with Crippen LogP contribution in [0.5, 0.6) is 0 Å². The molecule has 0 bridgehead atoms. The second-order valence-electron chi connectivity index (χ2n) is 4.85. The zero-order chi connectivity index (χ0) is 15.6. The van der Waals surface area contributed by atoms with Crippen LogP contribution in [0, 0.1) is 5.92 Å². The van der Waals surface area contributed by atoms with Gasteiger partial charge in [0.05, 0.1) is 16.3 Å². The van der Waals surface area contributed by atoms with Gasteiger partial charge in [0, 0.05) is 25.6 Å². The zero-order valence-corrected chi connectivity index (χ0v) is 12.9. The van der Waals surface area contributed by atoms with Crippen LogP contribution in [0.25, 0.3) is 0 Å². The van der Waals surface area contributed by atoms with E-state index in [1.807, 2.05) is 0 Å². The molecule has 1 unspecified atom stereocenters. The van der Waals surface area contributed by atoms with Gasteiger partial charge in [-0.15, -0.1) is 0 Å². The van der Waals surface area contributed by atoms with E-state index in [2.05, 4.69) is 0 Å². The largest absolute Gasteiger partial charge is 0.478 e. The molecule has 1 aliphatic heterocycles. The summed E-state index contributed by atoms with van der Waals surface area (Å²) in [4.78, 5) is 35.5. The Kier molecular flexibility index (Phi) is 4.90.